The average molecular weight is 286 g/mol. The van der Waals surface area contributed by atoms with Crippen molar-refractivity contribution < 1.29 is 4.39 Å². The van der Waals surface area contributed by atoms with E-state index in [1.807, 2.05) is 12.1 Å². The Balaban J connectivity index is 1.93. The third kappa shape index (κ3) is 2.94. The molecule has 0 amide bonds. The van der Waals surface area contributed by atoms with Crippen LogP contribution in [0.4, 0.5) is 4.39 Å². The lowest BCUT2D eigenvalue weighted by atomic mass is 9.78. The first-order valence-electron chi connectivity index (χ1n) is 7.21. The summed E-state index contributed by atoms with van der Waals surface area (Å²) in [5.41, 5.74) is 14.3. The van der Waals surface area contributed by atoms with Crippen molar-refractivity contribution in [3.05, 3.63) is 48.2 Å². The molecule has 0 aromatic carbocycles. The molecular formula is C16H19FN4. The van der Waals surface area contributed by atoms with Gasteiger partial charge in [0, 0.05) is 17.8 Å². The fraction of sp³-hybridized carbons (Fsp3) is 0.375. The van der Waals surface area contributed by atoms with Crippen LogP contribution in [0.5, 0.6) is 0 Å². The first-order valence-corrected chi connectivity index (χ1v) is 7.21. The molecule has 0 spiro atoms. The van der Waals surface area contributed by atoms with Gasteiger partial charge in [-0.25, -0.2) is 4.98 Å². The molecule has 1 aliphatic carbocycles. The maximum absolute atomic E-state index is 13.3. The fourth-order valence-electron chi connectivity index (χ4n) is 2.84. The van der Waals surface area contributed by atoms with Crippen LogP contribution < -0.4 is 11.5 Å². The summed E-state index contributed by atoms with van der Waals surface area (Å²) in [5, 5.41) is 0. The number of hydrogen-bond donors (Lipinski definition) is 2. The van der Waals surface area contributed by atoms with Gasteiger partial charge < -0.3 is 11.5 Å². The summed E-state index contributed by atoms with van der Waals surface area (Å²) < 4.78 is 13.3. The Morgan fingerprint density at radius 1 is 1.19 bits per heavy atom. The zero-order valence-electron chi connectivity index (χ0n) is 11.8. The molecule has 3 rings (SSSR count). The van der Waals surface area contributed by atoms with Crippen LogP contribution in [0.3, 0.4) is 0 Å². The molecule has 4 nitrogen and oxygen atoms in total. The highest BCUT2D eigenvalue weighted by molar-refractivity contribution is 5.59. The van der Waals surface area contributed by atoms with E-state index >= 15 is 0 Å². The first-order chi connectivity index (χ1) is 10.1. The van der Waals surface area contributed by atoms with Gasteiger partial charge in [-0.3, -0.25) is 4.98 Å². The van der Waals surface area contributed by atoms with E-state index in [1.165, 1.54) is 6.07 Å². The number of rotatable bonds is 2. The van der Waals surface area contributed by atoms with Crippen molar-refractivity contribution in [2.45, 2.75) is 37.3 Å². The molecule has 0 aliphatic heterocycles. The normalized spacial score (nSPS) is 25.8. The third-order valence-electron chi connectivity index (χ3n) is 4.20. The minimum atomic E-state index is -0.489. The largest absolute Gasteiger partial charge is 0.328 e. The highest BCUT2D eigenvalue weighted by Gasteiger charge is 2.33. The fourth-order valence-corrected chi connectivity index (χ4v) is 2.84. The summed E-state index contributed by atoms with van der Waals surface area (Å²) in [4.78, 5) is 8.33. The quantitative estimate of drug-likeness (QED) is 0.831. The molecule has 2 aromatic heterocycles. The van der Waals surface area contributed by atoms with Crippen molar-refractivity contribution in [2.75, 3.05) is 0 Å². The molecule has 21 heavy (non-hydrogen) atoms. The monoisotopic (exact) mass is 286 g/mol. The van der Waals surface area contributed by atoms with Crippen molar-refractivity contribution in [1.29, 1.82) is 0 Å². The molecule has 2 heterocycles. The van der Waals surface area contributed by atoms with Gasteiger partial charge in [0.2, 0.25) is 5.95 Å². The topological polar surface area (TPSA) is 77.8 Å². The highest BCUT2D eigenvalue weighted by Crippen LogP contribution is 2.34. The van der Waals surface area contributed by atoms with E-state index in [0.717, 1.165) is 36.9 Å². The molecule has 1 saturated carbocycles. The second-order valence-electron chi connectivity index (χ2n) is 5.77. The van der Waals surface area contributed by atoms with Crippen LogP contribution >= 0.6 is 0 Å². The van der Waals surface area contributed by atoms with Crippen LogP contribution in [0.2, 0.25) is 0 Å². The Morgan fingerprint density at radius 2 is 1.95 bits per heavy atom. The lowest BCUT2D eigenvalue weighted by molar-refractivity contribution is 0.271. The van der Waals surface area contributed by atoms with Gasteiger partial charge in [0.1, 0.15) is 0 Å². The van der Waals surface area contributed by atoms with Crippen molar-refractivity contribution in [1.82, 2.24) is 9.97 Å². The van der Waals surface area contributed by atoms with Gasteiger partial charge in [-0.1, -0.05) is 6.07 Å². The molecule has 0 bridgehead atoms. The zero-order valence-corrected chi connectivity index (χ0v) is 11.8. The minimum absolute atomic E-state index is 0.231. The van der Waals surface area contributed by atoms with Crippen LogP contribution in [0.15, 0.2) is 36.5 Å². The summed E-state index contributed by atoms with van der Waals surface area (Å²) in [7, 11) is 0. The van der Waals surface area contributed by atoms with E-state index in [4.69, 9.17) is 11.5 Å². The highest BCUT2D eigenvalue weighted by atomic mass is 19.1. The standard InChI is InChI=1S/C16H19FN4/c17-15-3-1-2-13(21-15)11-6-9-20-14(10-11)16(19)7-4-12(18)5-8-16/h1-3,6,9-10,12H,4-5,7-8,18-19H2. The molecule has 0 saturated heterocycles. The second kappa shape index (κ2) is 5.50. The SMILES string of the molecule is NC1CCC(N)(c2cc(-c3cccc(F)n3)ccn2)CC1. The Labute approximate surface area is 123 Å². The summed E-state index contributed by atoms with van der Waals surface area (Å²) in [5.74, 6) is -0.489. The molecule has 1 fully saturated rings. The van der Waals surface area contributed by atoms with E-state index in [2.05, 4.69) is 9.97 Å². The Bertz CT molecular complexity index is 636. The Kier molecular flexibility index (Phi) is 3.69. The molecule has 0 radical (unpaired) electrons. The Morgan fingerprint density at radius 3 is 2.67 bits per heavy atom. The van der Waals surface area contributed by atoms with Gasteiger partial charge in [0.05, 0.1) is 16.9 Å². The number of nitrogens with zero attached hydrogens (tertiary/aromatic N) is 2. The number of nitrogens with two attached hydrogens (primary N) is 2. The lowest BCUT2D eigenvalue weighted by Crippen LogP contribution is -2.44. The summed E-state index contributed by atoms with van der Waals surface area (Å²) in [6, 6.07) is 8.73. The number of halogens is 1. The summed E-state index contributed by atoms with van der Waals surface area (Å²) in [6.45, 7) is 0. The van der Waals surface area contributed by atoms with E-state index in [9.17, 15) is 4.39 Å². The van der Waals surface area contributed by atoms with Gasteiger partial charge in [-0.15, -0.1) is 0 Å². The second-order valence-corrected chi connectivity index (χ2v) is 5.77. The molecule has 110 valence electrons. The maximum Gasteiger partial charge on any atom is 0.213 e. The molecular weight excluding hydrogens is 267 g/mol. The summed E-state index contributed by atoms with van der Waals surface area (Å²) >= 11 is 0. The molecule has 4 N–H and O–H groups in total. The average Bonchev–Trinajstić information content (AvgIpc) is 2.51. The molecule has 0 atom stereocenters. The van der Waals surface area contributed by atoms with Crippen molar-refractivity contribution in [3.8, 4) is 11.3 Å². The van der Waals surface area contributed by atoms with E-state index in [-0.39, 0.29) is 6.04 Å². The van der Waals surface area contributed by atoms with E-state index < -0.39 is 11.5 Å². The van der Waals surface area contributed by atoms with Crippen LogP contribution in [-0.2, 0) is 5.54 Å². The van der Waals surface area contributed by atoms with Crippen LogP contribution in [0, 0.1) is 5.95 Å². The molecule has 1 aliphatic rings. The number of hydrogen-bond acceptors (Lipinski definition) is 4. The number of aromatic nitrogens is 2. The van der Waals surface area contributed by atoms with Gasteiger partial charge in [-0.2, -0.15) is 4.39 Å². The predicted molar refractivity (Wildman–Crippen MR) is 79.7 cm³/mol. The van der Waals surface area contributed by atoms with Crippen molar-refractivity contribution in [3.63, 3.8) is 0 Å². The van der Waals surface area contributed by atoms with Crippen LogP contribution in [0.25, 0.3) is 11.3 Å². The van der Waals surface area contributed by atoms with Crippen molar-refractivity contribution >= 4 is 0 Å². The lowest BCUT2D eigenvalue weighted by Gasteiger charge is -2.35. The van der Waals surface area contributed by atoms with Crippen LogP contribution in [0.1, 0.15) is 31.4 Å². The maximum atomic E-state index is 13.3. The minimum Gasteiger partial charge on any atom is -0.328 e. The number of pyridine rings is 2. The van der Waals surface area contributed by atoms with Gasteiger partial charge in [-0.05, 0) is 49.9 Å². The Hall–Kier alpha value is -1.85. The molecule has 2 aromatic rings. The zero-order chi connectivity index (χ0) is 14.9. The van der Waals surface area contributed by atoms with Gasteiger partial charge in [0.15, 0.2) is 0 Å². The van der Waals surface area contributed by atoms with E-state index in [0.29, 0.717) is 5.69 Å². The third-order valence-corrected chi connectivity index (χ3v) is 4.20. The van der Waals surface area contributed by atoms with E-state index in [1.54, 1.807) is 18.3 Å². The smallest absolute Gasteiger partial charge is 0.213 e. The summed E-state index contributed by atoms with van der Waals surface area (Å²) in [6.07, 6.45) is 5.16. The van der Waals surface area contributed by atoms with Crippen molar-refractivity contribution in [2.24, 2.45) is 11.5 Å². The van der Waals surface area contributed by atoms with Gasteiger partial charge in [0.25, 0.3) is 0 Å². The predicted octanol–water partition coefficient (Wildman–Crippen LogP) is 2.34. The first kappa shape index (κ1) is 14.1. The van der Waals surface area contributed by atoms with Gasteiger partial charge >= 0.3 is 0 Å². The van der Waals surface area contributed by atoms with Crippen LogP contribution in [-0.4, -0.2) is 16.0 Å². The molecule has 5 heteroatoms. The molecule has 0 unspecified atom stereocenters.